The van der Waals surface area contributed by atoms with Crippen molar-refractivity contribution in [2.45, 2.75) is 6.92 Å². The third kappa shape index (κ3) is 1.95. The predicted molar refractivity (Wildman–Crippen MR) is 63.1 cm³/mol. The lowest BCUT2D eigenvalue weighted by Crippen LogP contribution is -2.01. The molecule has 4 heteroatoms. The number of nitrogen functional groups attached to an aromatic ring is 1. The fourth-order valence-corrected chi connectivity index (χ4v) is 1.44. The second kappa shape index (κ2) is 4.18. The number of anilines is 3. The number of rotatable bonds is 2. The molecule has 3 N–H and O–H groups in total. The van der Waals surface area contributed by atoms with Crippen molar-refractivity contribution in [3.8, 4) is 0 Å². The van der Waals surface area contributed by atoms with Gasteiger partial charge in [-0.3, -0.25) is 0 Å². The molecule has 1 aromatic heterocycles. The van der Waals surface area contributed by atoms with E-state index >= 15 is 0 Å². The van der Waals surface area contributed by atoms with Crippen LogP contribution in [0.3, 0.4) is 0 Å². The molecule has 0 fully saturated rings. The molecular weight excluding hydrogens is 205 g/mol. The fraction of sp³-hybridized carbons (Fsp3) is 0.0833. The number of hydrogen-bond acceptors (Lipinski definition) is 3. The lowest BCUT2D eigenvalue weighted by Gasteiger charge is -2.11. The number of nitrogens with one attached hydrogen (secondary N) is 1. The van der Waals surface area contributed by atoms with E-state index < -0.39 is 0 Å². The van der Waals surface area contributed by atoms with Gasteiger partial charge in [0, 0.05) is 11.8 Å². The number of hydrogen-bond donors (Lipinski definition) is 2. The quantitative estimate of drug-likeness (QED) is 0.760. The van der Waals surface area contributed by atoms with Gasteiger partial charge in [0.1, 0.15) is 11.6 Å². The summed E-state index contributed by atoms with van der Waals surface area (Å²) in [6.45, 7) is 1.68. The van der Waals surface area contributed by atoms with Gasteiger partial charge in [0.2, 0.25) is 0 Å². The number of halogens is 1. The van der Waals surface area contributed by atoms with Crippen molar-refractivity contribution >= 4 is 17.2 Å². The number of nitrogens with two attached hydrogens (primary N) is 1. The average Bonchev–Trinajstić information content (AvgIpc) is 2.31. The van der Waals surface area contributed by atoms with Gasteiger partial charge in [-0.2, -0.15) is 0 Å². The highest BCUT2D eigenvalue weighted by Gasteiger charge is 2.08. The maximum atomic E-state index is 13.3. The fourth-order valence-electron chi connectivity index (χ4n) is 1.44. The minimum atomic E-state index is -0.285. The molecule has 3 nitrogen and oxygen atoms in total. The monoisotopic (exact) mass is 217 g/mol. The standard InChI is InChI=1S/C12H12FN3/c1-8-9(13)5-6-10(14)12(8)16-11-4-2-3-7-15-11/h2-7H,14H2,1H3,(H,15,16). The Kier molecular flexibility index (Phi) is 2.72. The lowest BCUT2D eigenvalue weighted by atomic mass is 10.1. The second-order valence-corrected chi connectivity index (χ2v) is 3.48. The first-order valence-electron chi connectivity index (χ1n) is 4.91. The summed E-state index contributed by atoms with van der Waals surface area (Å²) < 4.78 is 13.3. The smallest absolute Gasteiger partial charge is 0.130 e. The highest BCUT2D eigenvalue weighted by molar-refractivity contribution is 5.74. The van der Waals surface area contributed by atoms with Gasteiger partial charge in [0.15, 0.2) is 0 Å². The van der Waals surface area contributed by atoms with Crippen molar-refractivity contribution in [3.63, 3.8) is 0 Å². The molecule has 1 heterocycles. The van der Waals surface area contributed by atoms with Crippen LogP contribution < -0.4 is 11.1 Å². The van der Waals surface area contributed by atoms with E-state index in [-0.39, 0.29) is 5.82 Å². The zero-order valence-corrected chi connectivity index (χ0v) is 8.87. The normalized spacial score (nSPS) is 10.1. The number of nitrogens with zero attached hydrogens (tertiary/aromatic N) is 1. The molecule has 0 unspecified atom stereocenters. The Bertz CT molecular complexity index is 497. The van der Waals surface area contributed by atoms with Gasteiger partial charge in [-0.1, -0.05) is 6.07 Å². The Balaban J connectivity index is 2.38. The molecule has 0 aliphatic rings. The molecule has 0 spiro atoms. The van der Waals surface area contributed by atoms with Crippen molar-refractivity contribution in [3.05, 3.63) is 47.9 Å². The van der Waals surface area contributed by atoms with E-state index in [0.29, 0.717) is 22.8 Å². The molecule has 0 saturated carbocycles. The van der Waals surface area contributed by atoms with Gasteiger partial charge in [-0.15, -0.1) is 0 Å². The van der Waals surface area contributed by atoms with Gasteiger partial charge in [0.05, 0.1) is 11.4 Å². The zero-order chi connectivity index (χ0) is 11.5. The molecule has 0 saturated heterocycles. The van der Waals surface area contributed by atoms with Crippen molar-refractivity contribution in [2.24, 2.45) is 0 Å². The van der Waals surface area contributed by atoms with Gasteiger partial charge < -0.3 is 11.1 Å². The third-order valence-electron chi connectivity index (χ3n) is 2.35. The first kappa shape index (κ1) is 10.4. The van der Waals surface area contributed by atoms with E-state index in [4.69, 9.17) is 5.73 Å². The second-order valence-electron chi connectivity index (χ2n) is 3.48. The topological polar surface area (TPSA) is 50.9 Å². The minimum Gasteiger partial charge on any atom is -0.397 e. The molecular formula is C12H12FN3. The number of pyridine rings is 1. The van der Waals surface area contributed by atoms with Crippen molar-refractivity contribution < 1.29 is 4.39 Å². The molecule has 2 rings (SSSR count). The van der Waals surface area contributed by atoms with Crippen LogP contribution in [0.4, 0.5) is 21.6 Å². The summed E-state index contributed by atoms with van der Waals surface area (Å²) >= 11 is 0. The summed E-state index contributed by atoms with van der Waals surface area (Å²) in [7, 11) is 0. The molecule has 0 amide bonds. The Morgan fingerprint density at radius 1 is 1.25 bits per heavy atom. The summed E-state index contributed by atoms with van der Waals surface area (Å²) in [5.74, 6) is 0.357. The van der Waals surface area contributed by atoms with Crippen LogP contribution >= 0.6 is 0 Å². The Hall–Kier alpha value is -2.10. The summed E-state index contributed by atoms with van der Waals surface area (Å²) in [5.41, 5.74) is 7.34. The molecule has 0 aliphatic carbocycles. The van der Waals surface area contributed by atoms with Crippen molar-refractivity contribution in [1.82, 2.24) is 4.98 Å². The first-order chi connectivity index (χ1) is 7.68. The van der Waals surface area contributed by atoms with E-state index in [1.165, 1.54) is 12.1 Å². The average molecular weight is 217 g/mol. The first-order valence-corrected chi connectivity index (χ1v) is 4.91. The minimum absolute atomic E-state index is 0.285. The largest absolute Gasteiger partial charge is 0.397 e. The lowest BCUT2D eigenvalue weighted by molar-refractivity contribution is 0.619. The summed E-state index contributed by atoms with van der Waals surface area (Å²) in [6.07, 6.45) is 1.66. The van der Waals surface area contributed by atoms with E-state index in [0.717, 1.165) is 0 Å². The van der Waals surface area contributed by atoms with E-state index in [2.05, 4.69) is 10.3 Å². The van der Waals surface area contributed by atoms with E-state index in [1.54, 1.807) is 19.2 Å². The van der Waals surface area contributed by atoms with Crippen molar-refractivity contribution in [2.75, 3.05) is 11.1 Å². The van der Waals surface area contributed by atoms with E-state index in [9.17, 15) is 4.39 Å². The van der Waals surface area contributed by atoms with Crippen LogP contribution in [0.1, 0.15) is 5.56 Å². The van der Waals surface area contributed by atoms with Crippen LogP contribution in [0, 0.1) is 12.7 Å². The van der Waals surface area contributed by atoms with Gasteiger partial charge in [0.25, 0.3) is 0 Å². The summed E-state index contributed by atoms with van der Waals surface area (Å²) in [5, 5.41) is 3.01. The van der Waals surface area contributed by atoms with E-state index in [1.807, 2.05) is 12.1 Å². The van der Waals surface area contributed by atoms with Crippen molar-refractivity contribution in [1.29, 1.82) is 0 Å². The number of aromatic nitrogens is 1. The maximum Gasteiger partial charge on any atom is 0.130 e. The molecule has 2 aromatic rings. The zero-order valence-electron chi connectivity index (χ0n) is 8.87. The molecule has 1 aromatic carbocycles. The van der Waals surface area contributed by atoms with Crippen LogP contribution in [-0.4, -0.2) is 4.98 Å². The Labute approximate surface area is 93.1 Å². The van der Waals surface area contributed by atoms with Crippen LogP contribution in [0.2, 0.25) is 0 Å². The predicted octanol–water partition coefficient (Wildman–Crippen LogP) is 2.85. The highest BCUT2D eigenvalue weighted by atomic mass is 19.1. The highest BCUT2D eigenvalue weighted by Crippen LogP contribution is 2.27. The van der Waals surface area contributed by atoms with Crippen LogP contribution in [0.15, 0.2) is 36.5 Å². The maximum absolute atomic E-state index is 13.3. The van der Waals surface area contributed by atoms with Gasteiger partial charge in [-0.25, -0.2) is 9.37 Å². The van der Waals surface area contributed by atoms with Gasteiger partial charge in [-0.05, 0) is 31.2 Å². The molecule has 0 aliphatic heterocycles. The molecule has 0 radical (unpaired) electrons. The number of benzene rings is 1. The molecule has 0 atom stereocenters. The van der Waals surface area contributed by atoms with Crippen LogP contribution in [0.5, 0.6) is 0 Å². The van der Waals surface area contributed by atoms with Gasteiger partial charge >= 0.3 is 0 Å². The van der Waals surface area contributed by atoms with Crippen LogP contribution in [-0.2, 0) is 0 Å². The summed E-state index contributed by atoms with van der Waals surface area (Å²) in [6, 6.07) is 8.35. The third-order valence-corrected chi connectivity index (χ3v) is 2.35. The SMILES string of the molecule is Cc1c(F)ccc(N)c1Nc1ccccn1. The van der Waals surface area contributed by atoms with Crippen LogP contribution in [0.25, 0.3) is 0 Å². The Morgan fingerprint density at radius 2 is 2.06 bits per heavy atom. The molecule has 82 valence electrons. The molecule has 0 bridgehead atoms. The Morgan fingerprint density at radius 3 is 2.75 bits per heavy atom. The summed E-state index contributed by atoms with van der Waals surface area (Å²) in [4.78, 5) is 4.10. The molecule has 16 heavy (non-hydrogen) atoms.